The number of rotatable bonds is 12. The Bertz CT molecular complexity index is 1800. The average Bonchev–Trinajstić information content (AvgIpc) is 3.10. The number of halogens is 7. The fraction of sp³-hybridized carbons (Fsp3) is 0.100. The first-order chi connectivity index (χ1) is 24.1. The molecule has 0 saturated carbocycles. The normalized spacial score (nSPS) is 11.0. The second kappa shape index (κ2) is 17.8. The molecule has 0 fully saturated rings. The third-order valence-corrected chi connectivity index (χ3v) is 9.94. The Balaban J connectivity index is 0.000000908. The summed E-state index contributed by atoms with van der Waals surface area (Å²) >= 11 is -0.533. The van der Waals surface area contributed by atoms with Gasteiger partial charge in [0.1, 0.15) is 36.3 Å². The van der Waals surface area contributed by atoms with Crippen molar-refractivity contribution in [3.05, 3.63) is 198 Å². The lowest BCUT2D eigenvalue weighted by atomic mass is 10.0. The summed E-state index contributed by atoms with van der Waals surface area (Å²) < 4.78 is 81.3. The van der Waals surface area contributed by atoms with Crippen LogP contribution in [0.3, 0.4) is 0 Å². The fourth-order valence-corrected chi connectivity index (χ4v) is 7.51. The van der Waals surface area contributed by atoms with Gasteiger partial charge in [-0.15, -0.1) is 0 Å². The third kappa shape index (κ3) is 12.3. The maximum atomic E-state index is 13.6. The summed E-state index contributed by atoms with van der Waals surface area (Å²) in [5.74, 6) is 1.17. The molecule has 0 spiro atoms. The topological polar surface area (TPSA) is 18.5 Å². The van der Waals surface area contributed by atoms with Gasteiger partial charge in [-0.2, -0.15) is 0 Å². The van der Waals surface area contributed by atoms with Crippen LogP contribution >= 0.6 is 0 Å². The molecule has 10 heteroatoms. The zero-order valence-electron chi connectivity index (χ0n) is 26.7. The van der Waals surface area contributed by atoms with Crippen molar-refractivity contribution in [3.8, 4) is 11.5 Å². The smallest absolute Gasteiger partial charge is 0.489 e. The van der Waals surface area contributed by atoms with Gasteiger partial charge in [0.05, 0.1) is 0 Å². The van der Waals surface area contributed by atoms with E-state index in [1.54, 1.807) is 0 Å². The second-order valence-electron chi connectivity index (χ2n) is 11.2. The molecular weight excluding hydrogens is 764 g/mol. The van der Waals surface area contributed by atoms with Crippen LogP contribution in [0.25, 0.3) is 0 Å². The van der Waals surface area contributed by atoms with Gasteiger partial charge in [0.15, 0.2) is 7.14 Å². The lowest BCUT2D eigenvalue weighted by Crippen LogP contribution is -3.61. The predicted molar refractivity (Wildman–Crippen MR) is 180 cm³/mol. The van der Waals surface area contributed by atoms with Crippen molar-refractivity contribution in [2.45, 2.75) is 26.1 Å². The van der Waals surface area contributed by atoms with Gasteiger partial charge in [-0.05, 0) is 82.9 Å². The van der Waals surface area contributed by atoms with Crippen LogP contribution in [0.15, 0.2) is 146 Å². The van der Waals surface area contributed by atoms with Crippen LogP contribution in [0, 0.1) is 18.8 Å². The van der Waals surface area contributed by atoms with Crippen LogP contribution in [0.2, 0.25) is 0 Å². The second-order valence-corrected chi connectivity index (χ2v) is 14.3. The van der Waals surface area contributed by atoms with E-state index in [1.165, 1.54) is 31.4 Å². The summed E-state index contributed by atoms with van der Waals surface area (Å²) in [6.45, 7) is 0.950. The minimum Gasteiger partial charge on any atom is -0.489 e. The number of benzene rings is 6. The van der Waals surface area contributed by atoms with Crippen molar-refractivity contribution in [2.24, 2.45) is 0 Å². The van der Waals surface area contributed by atoms with Gasteiger partial charge >= 0.3 is 28.5 Å². The highest BCUT2D eigenvalue weighted by atomic mass is 127. The maximum absolute atomic E-state index is 13.6. The maximum Gasteiger partial charge on any atom is 0.673 e. The van der Waals surface area contributed by atoms with Crippen LogP contribution in [-0.2, 0) is 26.1 Å². The molecule has 0 heterocycles. The molecule has 2 nitrogen and oxygen atoms in total. The van der Waals surface area contributed by atoms with Crippen molar-refractivity contribution >= 4 is 7.25 Å². The molecule has 0 aliphatic heterocycles. The molecule has 0 radical (unpaired) electrons. The van der Waals surface area contributed by atoms with E-state index in [0.717, 1.165) is 44.9 Å². The zero-order valence-corrected chi connectivity index (χ0v) is 28.9. The Labute approximate surface area is 298 Å². The molecule has 256 valence electrons. The molecule has 6 aromatic rings. The molecule has 0 atom stereocenters. The summed E-state index contributed by atoms with van der Waals surface area (Å²) in [6, 6.07) is 46.4. The van der Waals surface area contributed by atoms with Crippen molar-refractivity contribution in [1.29, 1.82) is 0 Å². The first-order valence-electron chi connectivity index (χ1n) is 15.7. The molecule has 0 bridgehead atoms. The number of hydrogen-bond acceptors (Lipinski definition) is 2. The zero-order chi connectivity index (χ0) is 35.3. The minimum atomic E-state index is -6.00. The molecule has 6 rings (SSSR count). The Morgan fingerprint density at radius 2 is 0.800 bits per heavy atom. The van der Waals surface area contributed by atoms with E-state index in [0.29, 0.717) is 26.1 Å². The lowest BCUT2D eigenvalue weighted by Gasteiger charge is -2.13. The highest BCUT2D eigenvalue weighted by Gasteiger charge is 2.22. The quantitative estimate of drug-likeness (QED) is 0.0718. The Morgan fingerprint density at radius 3 is 1.16 bits per heavy atom. The Kier molecular flexibility index (Phi) is 13.0. The standard InChI is InChI=1S/C40H32F2IO2.BF4/c41-35-15-11-29(12-16-35)23-33-25-37(19-21-39(33)44-27-31-7-3-1-4-8-31)43-38-20-22-40(45-28-32-9-5-2-6-10-32)34(26-38)24-30-13-17-36(42)18-14-30;2-1(3,4)5/h1-22,25-26H,23-24,27-28H2;/q+1;-1. The van der Waals surface area contributed by atoms with E-state index in [1.807, 2.05) is 60.7 Å². The number of ether oxygens (including phenoxy) is 2. The van der Waals surface area contributed by atoms with Crippen molar-refractivity contribution < 1.29 is 56.7 Å². The van der Waals surface area contributed by atoms with Gasteiger partial charge in [0, 0.05) is 24.0 Å². The summed E-state index contributed by atoms with van der Waals surface area (Å²) in [6.07, 6.45) is 1.29. The first-order valence-corrected chi connectivity index (χ1v) is 17.8. The van der Waals surface area contributed by atoms with Crippen LogP contribution < -0.4 is 30.7 Å². The molecule has 6 aromatic carbocycles. The summed E-state index contributed by atoms with van der Waals surface area (Å²) in [5.41, 5.74) is 6.40. The largest absolute Gasteiger partial charge is 0.673 e. The van der Waals surface area contributed by atoms with Gasteiger partial charge in [0.25, 0.3) is 0 Å². The minimum absolute atomic E-state index is 0.244. The SMILES string of the molecule is F[B-](F)(F)F.Fc1ccc(Cc2cc([I+]c3ccc(OCc4ccccc4)c(Cc4ccc(F)cc4)c3)ccc2OCc2ccccc2)cc1. The lowest BCUT2D eigenvalue weighted by molar-refractivity contribution is -0.597. The molecule has 0 amide bonds. The van der Waals surface area contributed by atoms with Gasteiger partial charge < -0.3 is 26.7 Å². The van der Waals surface area contributed by atoms with Gasteiger partial charge in [0.2, 0.25) is 0 Å². The van der Waals surface area contributed by atoms with Crippen molar-refractivity contribution in [3.63, 3.8) is 0 Å². The van der Waals surface area contributed by atoms with Crippen LogP contribution in [0.1, 0.15) is 33.4 Å². The fourth-order valence-electron chi connectivity index (χ4n) is 5.01. The van der Waals surface area contributed by atoms with E-state index < -0.39 is 28.5 Å². The molecule has 0 saturated heterocycles. The average molecular weight is 796 g/mol. The van der Waals surface area contributed by atoms with E-state index in [2.05, 4.69) is 60.7 Å². The highest BCUT2D eigenvalue weighted by Crippen LogP contribution is 2.25. The van der Waals surface area contributed by atoms with Crippen LogP contribution in [0.5, 0.6) is 11.5 Å². The van der Waals surface area contributed by atoms with Gasteiger partial charge in [-0.1, -0.05) is 84.9 Å². The van der Waals surface area contributed by atoms with Gasteiger partial charge in [-0.3, -0.25) is 0 Å². The predicted octanol–water partition coefficient (Wildman–Crippen LogP) is 7.73. The molecule has 0 N–H and O–H groups in total. The molecular formula is C40H32BF6IO2. The summed E-state index contributed by atoms with van der Waals surface area (Å²) in [7, 11) is -6.00. The molecule has 50 heavy (non-hydrogen) atoms. The van der Waals surface area contributed by atoms with E-state index >= 15 is 0 Å². The monoisotopic (exact) mass is 796 g/mol. The van der Waals surface area contributed by atoms with E-state index in [4.69, 9.17) is 9.47 Å². The molecule has 0 aliphatic rings. The Hall–Kier alpha value is -4.71. The molecule has 0 aromatic heterocycles. The molecule has 0 unspecified atom stereocenters. The van der Waals surface area contributed by atoms with Crippen molar-refractivity contribution in [1.82, 2.24) is 0 Å². The molecule has 0 aliphatic carbocycles. The van der Waals surface area contributed by atoms with Gasteiger partial charge in [-0.25, -0.2) is 8.78 Å². The Morgan fingerprint density at radius 1 is 0.440 bits per heavy atom. The summed E-state index contributed by atoms with van der Waals surface area (Å²) in [4.78, 5) is 0. The van der Waals surface area contributed by atoms with E-state index in [-0.39, 0.29) is 11.6 Å². The third-order valence-electron chi connectivity index (χ3n) is 7.35. The first kappa shape index (κ1) is 36.6. The van der Waals surface area contributed by atoms with Crippen molar-refractivity contribution in [2.75, 3.05) is 0 Å². The van der Waals surface area contributed by atoms with E-state index in [9.17, 15) is 26.0 Å². The highest BCUT2D eigenvalue weighted by molar-refractivity contribution is 6.50. The number of hydrogen-bond donors (Lipinski definition) is 0. The summed E-state index contributed by atoms with van der Waals surface area (Å²) in [5, 5.41) is 0. The van der Waals surface area contributed by atoms with Crippen LogP contribution in [0.4, 0.5) is 26.0 Å². The van der Waals surface area contributed by atoms with Crippen LogP contribution in [-0.4, -0.2) is 7.25 Å².